The Kier molecular flexibility index (Phi) is 7.70. The van der Waals surface area contributed by atoms with Gasteiger partial charge in [0.15, 0.2) is 22.5 Å². The van der Waals surface area contributed by atoms with E-state index in [1.54, 1.807) is 14.2 Å². The van der Waals surface area contributed by atoms with Crippen molar-refractivity contribution in [2.45, 2.75) is 5.16 Å². The zero-order chi connectivity index (χ0) is 26.3. The molecule has 38 heavy (non-hydrogen) atoms. The molecule has 1 heterocycles. The molecule has 0 atom stereocenters. The predicted molar refractivity (Wildman–Crippen MR) is 151 cm³/mol. The summed E-state index contributed by atoms with van der Waals surface area (Å²) in [4.78, 5) is 13.0. The molecule has 8 heteroatoms. The third-order valence-electron chi connectivity index (χ3n) is 5.91. The Morgan fingerprint density at radius 3 is 2.21 bits per heavy atom. The van der Waals surface area contributed by atoms with Crippen molar-refractivity contribution in [1.29, 1.82) is 0 Å². The summed E-state index contributed by atoms with van der Waals surface area (Å²) in [5.74, 6) is 1.89. The smallest absolute Gasteiger partial charge is 0.234 e. The summed E-state index contributed by atoms with van der Waals surface area (Å²) >= 11 is 1.33. The maximum absolute atomic E-state index is 13.0. The van der Waals surface area contributed by atoms with Crippen LogP contribution in [0.15, 0.2) is 108 Å². The van der Waals surface area contributed by atoms with Gasteiger partial charge in [-0.05, 0) is 42.0 Å². The highest BCUT2D eigenvalue weighted by atomic mass is 32.2. The number of para-hydroxylation sites is 2. The molecule has 0 radical (unpaired) electrons. The van der Waals surface area contributed by atoms with Crippen LogP contribution in [0.25, 0.3) is 28.2 Å². The second kappa shape index (κ2) is 11.7. The van der Waals surface area contributed by atoms with Crippen molar-refractivity contribution in [1.82, 2.24) is 14.8 Å². The zero-order valence-electron chi connectivity index (χ0n) is 21.0. The van der Waals surface area contributed by atoms with Crippen LogP contribution in [-0.4, -0.2) is 40.6 Å². The maximum Gasteiger partial charge on any atom is 0.234 e. The first-order valence-corrected chi connectivity index (χ1v) is 13.0. The summed E-state index contributed by atoms with van der Waals surface area (Å²) in [5, 5.41) is 12.6. The number of carbonyl (C=O) groups is 1. The molecule has 4 aromatic carbocycles. The van der Waals surface area contributed by atoms with Crippen LogP contribution in [0, 0.1) is 0 Å². The minimum Gasteiger partial charge on any atom is -0.493 e. The van der Waals surface area contributed by atoms with Gasteiger partial charge in [0.1, 0.15) is 0 Å². The second-order valence-corrected chi connectivity index (χ2v) is 9.24. The molecule has 0 saturated carbocycles. The SMILES string of the molecule is COc1ccc(-c2nnc(SCC(=O)Nc3ccccc3-c3ccccc3)n2-c2ccccc2)cc1OC. The minimum atomic E-state index is -0.131. The van der Waals surface area contributed by atoms with Crippen LogP contribution in [0.5, 0.6) is 11.5 Å². The molecule has 0 aliphatic rings. The number of anilines is 1. The van der Waals surface area contributed by atoms with E-state index in [4.69, 9.17) is 9.47 Å². The Morgan fingerprint density at radius 2 is 1.47 bits per heavy atom. The van der Waals surface area contributed by atoms with Crippen LogP contribution in [-0.2, 0) is 4.79 Å². The molecule has 0 aliphatic heterocycles. The summed E-state index contributed by atoms with van der Waals surface area (Å²) < 4.78 is 12.8. The fraction of sp³-hybridized carbons (Fsp3) is 0.100. The first kappa shape index (κ1) is 25.1. The molecule has 190 valence electrons. The van der Waals surface area contributed by atoms with Crippen molar-refractivity contribution in [3.8, 4) is 39.7 Å². The highest BCUT2D eigenvalue weighted by molar-refractivity contribution is 7.99. The largest absolute Gasteiger partial charge is 0.493 e. The minimum absolute atomic E-state index is 0.131. The van der Waals surface area contributed by atoms with Gasteiger partial charge in [-0.3, -0.25) is 9.36 Å². The Labute approximate surface area is 225 Å². The van der Waals surface area contributed by atoms with E-state index < -0.39 is 0 Å². The van der Waals surface area contributed by atoms with Gasteiger partial charge in [-0.25, -0.2) is 0 Å². The maximum atomic E-state index is 13.0. The van der Waals surface area contributed by atoms with Crippen molar-refractivity contribution in [2.75, 3.05) is 25.3 Å². The molecule has 0 aliphatic carbocycles. The number of hydrogen-bond donors (Lipinski definition) is 1. The monoisotopic (exact) mass is 522 g/mol. The summed E-state index contributed by atoms with van der Waals surface area (Å²) in [6.45, 7) is 0. The molecule has 1 aromatic heterocycles. The van der Waals surface area contributed by atoms with Crippen LogP contribution in [0.2, 0.25) is 0 Å². The van der Waals surface area contributed by atoms with Crippen LogP contribution in [0.1, 0.15) is 0 Å². The quantitative estimate of drug-likeness (QED) is 0.227. The standard InChI is InChI=1S/C30H26N4O3S/c1-36-26-18-17-22(19-27(26)37-2)29-32-33-30(34(29)23-13-7-4-8-14-23)38-20-28(35)31-25-16-10-9-15-24(25)21-11-5-3-6-12-21/h3-19H,20H2,1-2H3,(H,31,35). The fourth-order valence-corrected chi connectivity index (χ4v) is 4.87. The summed E-state index contributed by atoms with van der Waals surface area (Å²) in [6.07, 6.45) is 0. The van der Waals surface area contributed by atoms with Crippen LogP contribution in [0.4, 0.5) is 5.69 Å². The molecule has 5 aromatic rings. The molecule has 0 bridgehead atoms. The number of benzene rings is 4. The second-order valence-electron chi connectivity index (χ2n) is 8.30. The first-order valence-electron chi connectivity index (χ1n) is 12.0. The van der Waals surface area contributed by atoms with Gasteiger partial charge in [-0.15, -0.1) is 10.2 Å². The summed E-state index contributed by atoms with van der Waals surface area (Å²) in [5.41, 5.74) is 4.47. The van der Waals surface area contributed by atoms with E-state index in [1.165, 1.54) is 11.8 Å². The van der Waals surface area contributed by atoms with E-state index in [0.717, 1.165) is 28.1 Å². The first-order chi connectivity index (χ1) is 18.7. The van der Waals surface area contributed by atoms with E-state index in [1.807, 2.05) is 108 Å². The number of hydrogen-bond acceptors (Lipinski definition) is 6. The van der Waals surface area contributed by atoms with Gasteiger partial charge >= 0.3 is 0 Å². The summed E-state index contributed by atoms with van der Waals surface area (Å²) in [6, 6.07) is 33.2. The van der Waals surface area contributed by atoms with Crippen LogP contribution < -0.4 is 14.8 Å². The predicted octanol–water partition coefficient (Wildman–Crippen LogP) is 6.35. The van der Waals surface area contributed by atoms with E-state index in [2.05, 4.69) is 15.5 Å². The Bertz CT molecular complexity index is 1540. The average molecular weight is 523 g/mol. The molecule has 5 rings (SSSR count). The van der Waals surface area contributed by atoms with Gasteiger partial charge in [0.25, 0.3) is 0 Å². The van der Waals surface area contributed by atoms with E-state index >= 15 is 0 Å². The molecule has 7 nitrogen and oxygen atoms in total. The number of methoxy groups -OCH3 is 2. The van der Waals surface area contributed by atoms with Crippen molar-refractivity contribution in [2.24, 2.45) is 0 Å². The lowest BCUT2D eigenvalue weighted by Crippen LogP contribution is -2.15. The van der Waals surface area contributed by atoms with E-state index in [-0.39, 0.29) is 11.7 Å². The molecule has 1 N–H and O–H groups in total. The topological polar surface area (TPSA) is 78.3 Å². The molecule has 0 fully saturated rings. The van der Waals surface area contributed by atoms with Crippen molar-refractivity contribution in [3.05, 3.63) is 103 Å². The lowest BCUT2D eigenvalue weighted by Gasteiger charge is -2.13. The lowest BCUT2D eigenvalue weighted by atomic mass is 10.0. The third-order valence-corrected chi connectivity index (χ3v) is 6.84. The lowest BCUT2D eigenvalue weighted by molar-refractivity contribution is -0.113. The number of thioether (sulfide) groups is 1. The number of amides is 1. The molecule has 1 amide bonds. The molecule has 0 saturated heterocycles. The Morgan fingerprint density at radius 1 is 0.789 bits per heavy atom. The highest BCUT2D eigenvalue weighted by Crippen LogP contribution is 2.34. The number of aromatic nitrogens is 3. The zero-order valence-corrected chi connectivity index (χ0v) is 21.8. The molecular formula is C30H26N4O3S. The van der Waals surface area contributed by atoms with Crippen molar-refractivity contribution >= 4 is 23.4 Å². The van der Waals surface area contributed by atoms with Gasteiger partial charge in [-0.1, -0.05) is 78.5 Å². The van der Waals surface area contributed by atoms with Gasteiger partial charge in [0, 0.05) is 22.5 Å². The summed E-state index contributed by atoms with van der Waals surface area (Å²) in [7, 11) is 3.20. The molecular weight excluding hydrogens is 496 g/mol. The Balaban J connectivity index is 1.41. The number of carbonyl (C=O) groups excluding carboxylic acids is 1. The van der Waals surface area contributed by atoms with Crippen molar-refractivity contribution in [3.63, 3.8) is 0 Å². The number of ether oxygens (including phenoxy) is 2. The highest BCUT2D eigenvalue weighted by Gasteiger charge is 2.19. The van der Waals surface area contributed by atoms with E-state index in [0.29, 0.717) is 22.5 Å². The normalized spacial score (nSPS) is 10.7. The average Bonchev–Trinajstić information content (AvgIpc) is 3.41. The van der Waals surface area contributed by atoms with Crippen LogP contribution in [0.3, 0.4) is 0 Å². The molecule has 0 spiro atoms. The van der Waals surface area contributed by atoms with Crippen LogP contribution >= 0.6 is 11.8 Å². The van der Waals surface area contributed by atoms with Gasteiger partial charge in [-0.2, -0.15) is 0 Å². The number of nitrogens with one attached hydrogen (secondary N) is 1. The number of rotatable bonds is 9. The van der Waals surface area contributed by atoms with Gasteiger partial charge in [0.2, 0.25) is 5.91 Å². The number of nitrogens with zero attached hydrogens (tertiary/aromatic N) is 3. The Hall–Kier alpha value is -4.56. The van der Waals surface area contributed by atoms with Gasteiger partial charge < -0.3 is 14.8 Å². The molecule has 0 unspecified atom stereocenters. The van der Waals surface area contributed by atoms with E-state index in [9.17, 15) is 4.79 Å². The van der Waals surface area contributed by atoms with Crippen molar-refractivity contribution < 1.29 is 14.3 Å². The van der Waals surface area contributed by atoms with Gasteiger partial charge in [0.05, 0.1) is 20.0 Å². The fourth-order valence-electron chi connectivity index (χ4n) is 4.11. The third kappa shape index (κ3) is 5.40.